The normalized spacial score (nSPS) is 10.7. The molecule has 1 aromatic heterocycles. The molecule has 0 saturated heterocycles. The van der Waals surface area contributed by atoms with Gasteiger partial charge >= 0.3 is 5.97 Å². The molecule has 1 heterocycles. The van der Waals surface area contributed by atoms with Gasteiger partial charge in [-0.3, -0.25) is 4.79 Å². The van der Waals surface area contributed by atoms with E-state index in [1.54, 1.807) is 12.1 Å². The zero-order valence-corrected chi connectivity index (χ0v) is 9.97. The van der Waals surface area contributed by atoms with Gasteiger partial charge in [-0.2, -0.15) is 4.39 Å². The second kappa shape index (κ2) is 4.21. The van der Waals surface area contributed by atoms with Gasteiger partial charge in [0.25, 0.3) is 6.08 Å². The summed E-state index contributed by atoms with van der Waals surface area (Å²) in [7, 11) is 1.32. The van der Waals surface area contributed by atoms with Crippen molar-refractivity contribution in [1.82, 2.24) is 9.97 Å². The van der Waals surface area contributed by atoms with Crippen LogP contribution in [0.25, 0.3) is 11.0 Å². The summed E-state index contributed by atoms with van der Waals surface area (Å²) in [5.74, 6) is -0.347. The zero-order chi connectivity index (χ0) is 11.7. The Morgan fingerprint density at radius 3 is 3.06 bits per heavy atom. The lowest BCUT2D eigenvalue weighted by molar-refractivity contribution is -0.139. The number of nitrogens with one attached hydrogen (secondary N) is 1. The topological polar surface area (TPSA) is 55.0 Å². The maximum atomic E-state index is 12.8. The van der Waals surface area contributed by atoms with Crippen LogP contribution in [-0.4, -0.2) is 23.0 Å². The van der Waals surface area contributed by atoms with Gasteiger partial charge in [0.2, 0.25) is 0 Å². The summed E-state index contributed by atoms with van der Waals surface area (Å²) in [5, 5.41) is 0. The third-order valence-electron chi connectivity index (χ3n) is 2.18. The first kappa shape index (κ1) is 11.1. The molecule has 0 radical (unpaired) electrons. The Bertz CT molecular complexity index is 553. The third-order valence-corrected chi connectivity index (χ3v) is 2.92. The molecule has 0 spiro atoms. The largest absolute Gasteiger partial charge is 0.469 e. The van der Waals surface area contributed by atoms with Gasteiger partial charge in [-0.15, -0.1) is 0 Å². The van der Waals surface area contributed by atoms with E-state index in [0.717, 1.165) is 5.56 Å². The van der Waals surface area contributed by atoms with Crippen LogP contribution in [0.15, 0.2) is 16.6 Å². The van der Waals surface area contributed by atoms with Crippen molar-refractivity contribution in [2.24, 2.45) is 0 Å². The molecule has 2 rings (SSSR count). The van der Waals surface area contributed by atoms with Gasteiger partial charge in [0.1, 0.15) is 0 Å². The molecule has 0 fully saturated rings. The van der Waals surface area contributed by atoms with Crippen LogP contribution in [0.4, 0.5) is 4.39 Å². The Labute approximate surface area is 98.9 Å². The molecule has 0 unspecified atom stereocenters. The van der Waals surface area contributed by atoms with Crippen LogP contribution in [-0.2, 0) is 16.0 Å². The van der Waals surface area contributed by atoms with E-state index in [9.17, 15) is 9.18 Å². The van der Waals surface area contributed by atoms with Crippen LogP contribution in [0.2, 0.25) is 0 Å². The van der Waals surface area contributed by atoms with Crippen LogP contribution >= 0.6 is 15.9 Å². The first-order valence-electron chi connectivity index (χ1n) is 4.50. The predicted octanol–water partition coefficient (Wildman–Crippen LogP) is 2.18. The Morgan fingerprint density at radius 2 is 2.38 bits per heavy atom. The molecule has 16 heavy (non-hydrogen) atoms. The second-order valence-electron chi connectivity index (χ2n) is 3.24. The van der Waals surface area contributed by atoms with Crippen molar-refractivity contribution in [3.63, 3.8) is 0 Å². The summed E-state index contributed by atoms with van der Waals surface area (Å²) in [6, 6.07) is 3.33. The number of hydrogen-bond donors (Lipinski definition) is 1. The average molecular weight is 287 g/mol. The monoisotopic (exact) mass is 286 g/mol. The highest BCUT2D eigenvalue weighted by atomic mass is 79.9. The van der Waals surface area contributed by atoms with Crippen LogP contribution in [0, 0.1) is 6.08 Å². The Hall–Kier alpha value is -1.43. The minimum absolute atomic E-state index is 0.133. The Morgan fingerprint density at radius 1 is 1.62 bits per heavy atom. The number of nitrogens with zero attached hydrogens (tertiary/aromatic N) is 1. The van der Waals surface area contributed by atoms with Gasteiger partial charge in [0, 0.05) is 4.47 Å². The number of carbonyl (C=O) groups is 1. The number of aromatic amines is 1. The fourth-order valence-corrected chi connectivity index (χ4v) is 1.88. The quantitative estimate of drug-likeness (QED) is 0.861. The average Bonchev–Trinajstić information content (AvgIpc) is 2.58. The predicted molar refractivity (Wildman–Crippen MR) is 59.5 cm³/mol. The summed E-state index contributed by atoms with van der Waals surface area (Å²) in [5.41, 5.74) is 1.79. The number of benzene rings is 1. The summed E-state index contributed by atoms with van der Waals surface area (Å²) < 4.78 is 18.1. The first-order valence-corrected chi connectivity index (χ1v) is 5.30. The fourth-order valence-electron chi connectivity index (χ4n) is 1.41. The number of hydrogen-bond acceptors (Lipinski definition) is 3. The van der Waals surface area contributed by atoms with Gasteiger partial charge in [-0.25, -0.2) is 4.98 Å². The number of methoxy groups -OCH3 is 1. The summed E-state index contributed by atoms with van der Waals surface area (Å²) >= 11 is 3.30. The van der Waals surface area contributed by atoms with Gasteiger partial charge in [-0.05, 0) is 17.7 Å². The molecule has 84 valence electrons. The summed E-state index contributed by atoms with van der Waals surface area (Å²) in [6.45, 7) is 0. The van der Waals surface area contributed by atoms with Gasteiger partial charge in [-0.1, -0.05) is 15.9 Å². The highest BCUT2D eigenvalue weighted by Crippen LogP contribution is 2.23. The minimum Gasteiger partial charge on any atom is -0.469 e. The highest BCUT2D eigenvalue weighted by molar-refractivity contribution is 9.10. The number of imidazole rings is 1. The van der Waals surface area contributed by atoms with Crippen molar-refractivity contribution in [3.05, 3.63) is 28.2 Å². The van der Waals surface area contributed by atoms with Gasteiger partial charge < -0.3 is 9.72 Å². The number of rotatable bonds is 2. The molecule has 1 N–H and O–H groups in total. The maximum absolute atomic E-state index is 12.8. The van der Waals surface area contributed by atoms with E-state index in [1.807, 2.05) is 0 Å². The van der Waals surface area contributed by atoms with Gasteiger partial charge in [0.15, 0.2) is 0 Å². The van der Waals surface area contributed by atoms with Crippen LogP contribution < -0.4 is 0 Å². The molecule has 2 aromatic rings. The molecular formula is C10H8BrFN2O2. The van der Waals surface area contributed by atoms with Gasteiger partial charge in [0.05, 0.1) is 24.6 Å². The molecule has 0 aliphatic heterocycles. The number of aromatic nitrogens is 2. The third kappa shape index (κ3) is 2.06. The zero-order valence-electron chi connectivity index (χ0n) is 8.38. The van der Waals surface area contributed by atoms with E-state index in [2.05, 4.69) is 30.6 Å². The van der Waals surface area contributed by atoms with E-state index in [4.69, 9.17) is 0 Å². The SMILES string of the molecule is COC(=O)Cc1cc2[nH]c(F)nc2cc1Br. The number of carbonyl (C=O) groups excluding carboxylic acids is 1. The van der Waals surface area contributed by atoms with E-state index in [-0.39, 0.29) is 12.4 Å². The van der Waals surface area contributed by atoms with Crippen molar-refractivity contribution in [1.29, 1.82) is 0 Å². The number of esters is 1. The van der Waals surface area contributed by atoms with E-state index < -0.39 is 6.08 Å². The standard InChI is InChI=1S/C10H8BrFN2O2/c1-16-9(15)3-5-2-7-8(4-6(5)11)14-10(12)13-7/h2,4H,3H2,1H3,(H,13,14). The van der Waals surface area contributed by atoms with Crippen LogP contribution in [0.1, 0.15) is 5.56 Å². The number of halogens is 2. The lowest BCUT2D eigenvalue weighted by Gasteiger charge is -2.02. The molecule has 0 saturated carbocycles. The van der Waals surface area contributed by atoms with Crippen molar-refractivity contribution in [2.45, 2.75) is 6.42 Å². The van der Waals surface area contributed by atoms with Crippen molar-refractivity contribution < 1.29 is 13.9 Å². The Balaban J connectivity index is 2.45. The van der Waals surface area contributed by atoms with E-state index in [1.165, 1.54) is 7.11 Å². The highest BCUT2D eigenvalue weighted by Gasteiger charge is 2.10. The molecule has 0 aliphatic carbocycles. The molecule has 0 bridgehead atoms. The number of H-pyrrole nitrogens is 1. The van der Waals surface area contributed by atoms with E-state index in [0.29, 0.717) is 15.5 Å². The fraction of sp³-hybridized carbons (Fsp3) is 0.200. The number of ether oxygens (including phenoxy) is 1. The van der Waals surface area contributed by atoms with Crippen molar-refractivity contribution in [2.75, 3.05) is 7.11 Å². The van der Waals surface area contributed by atoms with Crippen LogP contribution in [0.5, 0.6) is 0 Å². The summed E-state index contributed by atoms with van der Waals surface area (Å²) in [4.78, 5) is 17.2. The molecule has 6 heteroatoms. The molecule has 4 nitrogen and oxygen atoms in total. The van der Waals surface area contributed by atoms with Crippen molar-refractivity contribution in [3.8, 4) is 0 Å². The molecule has 0 amide bonds. The maximum Gasteiger partial charge on any atom is 0.310 e. The Kier molecular flexibility index (Phi) is 2.91. The lowest BCUT2D eigenvalue weighted by Crippen LogP contribution is -2.04. The van der Waals surface area contributed by atoms with Crippen molar-refractivity contribution >= 4 is 32.9 Å². The number of fused-ring (bicyclic) bond motifs is 1. The first-order chi connectivity index (χ1) is 7.60. The smallest absolute Gasteiger partial charge is 0.310 e. The molecule has 0 atom stereocenters. The second-order valence-corrected chi connectivity index (χ2v) is 4.10. The molecular weight excluding hydrogens is 279 g/mol. The summed E-state index contributed by atoms with van der Waals surface area (Å²) in [6.07, 6.45) is -0.509. The minimum atomic E-state index is -0.642. The molecule has 1 aromatic carbocycles. The van der Waals surface area contributed by atoms with Crippen LogP contribution in [0.3, 0.4) is 0 Å². The molecule has 0 aliphatic rings. The lowest BCUT2D eigenvalue weighted by atomic mass is 10.1. The van der Waals surface area contributed by atoms with E-state index >= 15 is 0 Å².